The molecule has 0 fully saturated rings. The fourth-order valence-corrected chi connectivity index (χ4v) is 3.37. The highest BCUT2D eigenvalue weighted by Gasteiger charge is 2.22. The maximum atomic E-state index is 11.5. The van der Waals surface area contributed by atoms with Crippen LogP contribution in [0.5, 0.6) is 0 Å². The van der Waals surface area contributed by atoms with Crippen LogP contribution in [0.3, 0.4) is 0 Å². The van der Waals surface area contributed by atoms with Crippen LogP contribution in [0, 0.1) is 6.92 Å². The van der Waals surface area contributed by atoms with Gasteiger partial charge in [0.25, 0.3) is 0 Å². The lowest BCUT2D eigenvalue weighted by atomic mass is 9.94. The normalized spacial score (nSPS) is 12.3. The Kier molecular flexibility index (Phi) is 4.71. The van der Waals surface area contributed by atoms with E-state index >= 15 is 0 Å². The predicted molar refractivity (Wildman–Crippen MR) is 79.7 cm³/mol. The lowest BCUT2D eigenvalue weighted by Gasteiger charge is -2.14. The minimum Gasteiger partial charge on any atom is -0.481 e. The SMILES string of the molecule is Cc1ncsc1CCC(C(=O)O)c1ccccc1Br. The van der Waals surface area contributed by atoms with E-state index in [0.717, 1.165) is 22.2 Å². The van der Waals surface area contributed by atoms with E-state index in [1.165, 1.54) is 4.88 Å². The third-order valence-electron chi connectivity index (χ3n) is 3.08. The molecule has 2 rings (SSSR count). The molecule has 0 spiro atoms. The lowest BCUT2D eigenvalue weighted by Crippen LogP contribution is -2.13. The van der Waals surface area contributed by atoms with Crippen molar-refractivity contribution in [3.05, 3.63) is 50.4 Å². The molecule has 100 valence electrons. The van der Waals surface area contributed by atoms with Crippen molar-refractivity contribution < 1.29 is 9.90 Å². The summed E-state index contributed by atoms with van der Waals surface area (Å²) in [6, 6.07) is 7.50. The third-order valence-corrected chi connectivity index (χ3v) is 4.80. The van der Waals surface area contributed by atoms with Crippen LogP contribution in [-0.2, 0) is 11.2 Å². The van der Waals surface area contributed by atoms with E-state index in [1.807, 2.05) is 31.2 Å². The van der Waals surface area contributed by atoms with Crippen molar-refractivity contribution in [3.63, 3.8) is 0 Å². The molecule has 0 amide bonds. The van der Waals surface area contributed by atoms with Gasteiger partial charge in [-0.15, -0.1) is 11.3 Å². The number of aliphatic carboxylic acids is 1. The largest absolute Gasteiger partial charge is 0.481 e. The molecule has 0 aliphatic heterocycles. The number of benzene rings is 1. The van der Waals surface area contributed by atoms with E-state index in [9.17, 15) is 9.90 Å². The first kappa shape index (κ1) is 14.2. The van der Waals surface area contributed by atoms with Crippen molar-refractivity contribution >= 4 is 33.2 Å². The second-order valence-corrected chi connectivity index (χ2v) is 6.11. The Morgan fingerprint density at radius 2 is 2.21 bits per heavy atom. The molecule has 1 atom stereocenters. The summed E-state index contributed by atoms with van der Waals surface area (Å²) >= 11 is 5.01. The van der Waals surface area contributed by atoms with Gasteiger partial charge in [-0.1, -0.05) is 34.1 Å². The Hall–Kier alpha value is -1.20. The molecule has 0 aliphatic carbocycles. The number of carbonyl (C=O) groups is 1. The number of hydrogen-bond donors (Lipinski definition) is 1. The molecule has 1 unspecified atom stereocenters. The third kappa shape index (κ3) is 3.42. The monoisotopic (exact) mass is 339 g/mol. The van der Waals surface area contributed by atoms with Gasteiger partial charge in [0.15, 0.2) is 0 Å². The van der Waals surface area contributed by atoms with E-state index in [2.05, 4.69) is 20.9 Å². The van der Waals surface area contributed by atoms with Crippen molar-refractivity contribution in [1.82, 2.24) is 4.98 Å². The second-order valence-electron chi connectivity index (χ2n) is 4.31. The van der Waals surface area contributed by atoms with E-state index in [0.29, 0.717) is 6.42 Å². The molecular weight excluding hydrogens is 326 g/mol. The zero-order valence-corrected chi connectivity index (χ0v) is 12.9. The number of aromatic nitrogens is 1. The van der Waals surface area contributed by atoms with Crippen molar-refractivity contribution in [2.75, 3.05) is 0 Å². The van der Waals surface area contributed by atoms with Crippen molar-refractivity contribution in [1.29, 1.82) is 0 Å². The summed E-state index contributed by atoms with van der Waals surface area (Å²) in [6.07, 6.45) is 1.33. The van der Waals surface area contributed by atoms with Gasteiger partial charge in [0.1, 0.15) is 0 Å². The van der Waals surface area contributed by atoms with E-state index < -0.39 is 11.9 Å². The van der Waals surface area contributed by atoms with Crippen LogP contribution >= 0.6 is 27.3 Å². The number of rotatable bonds is 5. The van der Waals surface area contributed by atoms with Crippen molar-refractivity contribution in [2.45, 2.75) is 25.7 Å². The number of nitrogens with zero attached hydrogens (tertiary/aromatic N) is 1. The Balaban J connectivity index is 2.16. The lowest BCUT2D eigenvalue weighted by molar-refractivity contribution is -0.139. The topological polar surface area (TPSA) is 50.2 Å². The van der Waals surface area contributed by atoms with Gasteiger partial charge in [0.05, 0.1) is 17.1 Å². The molecule has 1 N–H and O–H groups in total. The van der Waals surface area contributed by atoms with Crippen LogP contribution < -0.4 is 0 Å². The minimum absolute atomic E-state index is 0.489. The first-order valence-corrected chi connectivity index (χ1v) is 7.63. The highest BCUT2D eigenvalue weighted by atomic mass is 79.9. The van der Waals surface area contributed by atoms with Crippen molar-refractivity contribution in [3.8, 4) is 0 Å². The van der Waals surface area contributed by atoms with Gasteiger partial charge in [0.2, 0.25) is 0 Å². The molecule has 0 radical (unpaired) electrons. The van der Waals surface area contributed by atoms with Gasteiger partial charge in [-0.05, 0) is 31.4 Å². The van der Waals surface area contributed by atoms with E-state index in [-0.39, 0.29) is 0 Å². The molecule has 1 heterocycles. The molecule has 1 aromatic carbocycles. The fourth-order valence-electron chi connectivity index (χ4n) is 2.01. The zero-order valence-electron chi connectivity index (χ0n) is 10.5. The molecule has 0 saturated heterocycles. The zero-order chi connectivity index (χ0) is 13.8. The average molecular weight is 340 g/mol. The first-order chi connectivity index (χ1) is 9.09. The van der Waals surface area contributed by atoms with Crippen LogP contribution in [0.1, 0.15) is 28.5 Å². The van der Waals surface area contributed by atoms with Gasteiger partial charge in [-0.2, -0.15) is 0 Å². The Labute approximate surface area is 124 Å². The number of aryl methyl sites for hydroxylation is 2. The summed E-state index contributed by atoms with van der Waals surface area (Å²) in [5.74, 6) is -1.27. The summed E-state index contributed by atoms with van der Waals surface area (Å²) in [5, 5.41) is 9.42. The van der Waals surface area contributed by atoms with Crippen LogP contribution in [0.25, 0.3) is 0 Å². The summed E-state index contributed by atoms with van der Waals surface area (Å²) in [4.78, 5) is 16.8. The highest BCUT2D eigenvalue weighted by Crippen LogP contribution is 2.29. The van der Waals surface area contributed by atoms with E-state index in [4.69, 9.17) is 0 Å². The summed E-state index contributed by atoms with van der Waals surface area (Å²) in [6.45, 7) is 1.96. The summed E-state index contributed by atoms with van der Waals surface area (Å²) in [5.41, 5.74) is 3.64. The number of carboxylic acid groups (broad SMARTS) is 1. The second kappa shape index (κ2) is 6.30. The molecule has 1 aromatic heterocycles. The Morgan fingerprint density at radius 1 is 1.47 bits per heavy atom. The van der Waals surface area contributed by atoms with E-state index in [1.54, 1.807) is 16.8 Å². The standard InChI is InChI=1S/C14H14BrNO2S/c1-9-13(19-8-16-9)7-6-11(14(17)18)10-4-2-3-5-12(10)15/h2-5,8,11H,6-7H2,1H3,(H,17,18). The average Bonchev–Trinajstić information content (AvgIpc) is 2.77. The maximum absolute atomic E-state index is 11.5. The van der Waals surface area contributed by atoms with Gasteiger partial charge >= 0.3 is 5.97 Å². The number of hydrogen-bond acceptors (Lipinski definition) is 3. The highest BCUT2D eigenvalue weighted by molar-refractivity contribution is 9.10. The fraction of sp³-hybridized carbons (Fsp3) is 0.286. The van der Waals surface area contributed by atoms with Gasteiger partial charge in [-0.3, -0.25) is 4.79 Å². The van der Waals surface area contributed by atoms with Crippen molar-refractivity contribution in [2.24, 2.45) is 0 Å². The molecular formula is C14H14BrNO2S. The summed E-state index contributed by atoms with van der Waals surface area (Å²) in [7, 11) is 0. The van der Waals surface area contributed by atoms with Crippen LogP contribution in [0.15, 0.2) is 34.2 Å². The van der Waals surface area contributed by atoms with Crippen LogP contribution in [-0.4, -0.2) is 16.1 Å². The molecule has 2 aromatic rings. The number of carboxylic acids is 1. The molecule has 0 aliphatic rings. The summed E-state index contributed by atoms with van der Waals surface area (Å²) < 4.78 is 0.850. The molecule has 5 heteroatoms. The molecule has 0 bridgehead atoms. The van der Waals surface area contributed by atoms with Crippen LogP contribution in [0.4, 0.5) is 0 Å². The quantitative estimate of drug-likeness (QED) is 0.895. The predicted octanol–water partition coefficient (Wildman–Crippen LogP) is 4.02. The molecule has 0 saturated carbocycles. The molecule has 3 nitrogen and oxygen atoms in total. The van der Waals surface area contributed by atoms with Gasteiger partial charge < -0.3 is 5.11 Å². The Morgan fingerprint density at radius 3 is 2.79 bits per heavy atom. The van der Waals surface area contributed by atoms with Crippen LogP contribution in [0.2, 0.25) is 0 Å². The van der Waals surface area contributed by atoms with Gasteiger partial charge in [-0.25, -0.2) is 4.98 Å². The molecule has 19 heavy (non-hydrogen) atoms. The maximum Gasteiger partial charge on any atom is 0.311 e. The smallest absolute Gasteiger partial charge is 0.311 e. The first-order valence-electron chi connectivity index (χ1n) is 5.95. The Bertz CT molecular complexity index is 582. The van der Waals surface area contributed by atoms with Gasteiger partial charge in [0, 0.05) is 9.35 Å². The number of halogens is 1. The number of thiazole rings is 1. The minimum atomic E-state index is -0.783.